The third-order valence-electron chi connectivity index (χ3n) is 4.79. The van der Waals surface area contributed by atoms with Gasteiger partial charge in [-0.2, -0.15) is 0 Å². The first-order valence-corrected chi connectivity index (χ1v) is 10.1. The number of ether oxygens (including phenoxy) is 1. The van der Waals surface area contributed by atoms with Gasteiger partial charge in [-0.05, 0) is 29.8 Å². The van der Waals surface area contributed by atoms with Crippen LogP contribution in [0, 0.1) is 10.1 Å². The molecule has 1 aliphatic heterocycles. The van der Waals surface area contributed by atoms with Crippen molar-refractivity contribution in [1.82, 2.24) is 4.90 Å². The predicted molar refractivity (Wildman–Crippen MR) is 114 cm³/mol. The number of amides is 1. The molecule has 0 bridgehead atoms. The van der Waals surface area contributed by atoms with Crippen molar-refractivity contribution < 1.29 is 29.5 Å². The molecule has 2 aromatic carbocycles. The summed E-state index contributed by atoms with van der Waals surface area (Å²) in [4.78, 5) is 37.2. The molecule has 1 aliphatic rings. The molecule has 0 radical (unpaired) electrons. The highest BCUT2D eigenvalue weighted by Crippen LogP contribution is 2.39. The van der Waals surface area contributed by atoms with Crippen molar-refractivity contribution in [2.45, 2.75) is 6.04 Å². The monoisotopic (exact) mass is 490 g/mol. The van der Waals surface area contributed by atoms with Gasteiger partial charge < -0.3 is 19.8 Å². The van der Waals surface area contributed by atoms with E-state index in [1.807, 2.05) is 0 Å². The summed E-state index contributed by atoms with van der Waals surface area (Å²) >= 11 is 3.34. The van der Waals surface area contributed by atoms with E-state index in [1.54, 1.807) is 24.3 Å². The zero-order chi connectivity index (χ0) is 22.5. The average Bonchev–Trinajstić information content (AvgIpc) is 3.01. The molecule has 2 N–H and O–H groups in total. The SMILES string of the molecule is O=C1C(=O)N(CCOCCO)[C@H](c2ccc(Br)cc2)/C1=C(\O)c1ccc([N+](=O)[O-])cc1. The first-order chi connectivity index (χ1) is 14.8. The molecular formula is C21H19BrN2O7. The van der Waals surface area contributed by atoms with E-state index in [0.29, 0.717) is 5.56 Å². The van der Waals surface area contributed by atoms with Crippen LogP contribution >= 0.6 is 15.9 Å². The molecule has 0 unspecified atom stereocenters. The lowest BCUT2D eigenvalue weighted by atomic mass is 9.95. The summed E-state index contributed by atoms with van der Waals surface area (Å²) in [6.07, 6.45) is 0. The van der Waals surface area contributed by atoms with Gasteiger partial charge in [0.15, 0.2) is 0 Å². The first kappa shape index (κ1) is 22.6. The molecular weight excluding hydrogens is 472 g/mol. The summed E-state index contributed by atoms with van der Waals surface area (Å²) in [7, 11) is 0. The summed E-state index contributed by atoms with van der Waals surface area (Å²) < 4.78 is 6.04. The second-order valence-electron chi connectivity index (χ2n) is 6.68. The second-order valence-corrected chi connectivity index (χ2v) is 7.60. The molecule has 3 rings (SSSR count). The van der Waals surface area contributed by atoms with Crippen molar-refractivity contribution in [3.05, 3.63) is 79.8 Å². The Morgan fingerprint density at radius 1 is 1.10 bits per heavy atom. The van der Waals surface area contributed by atoms with Crippen LogP contribution in [0.2, 0.25) is 0 Å². The number of ketones is 1. The van der Waals surface area contributed by atoms with Crippen molar-refractivity contribution in [3.63, 3.8) is 0 Å². The maximum absolute atomic E-state index is 12.8. The van der Waals surface area contributed by atoms with Gasteiger partial charge in [-0.25, -0.2) is 0 Å². The highest BCUT2D eigenvalue weighted by molar-refractivity contribution is 9.10. The van der Waals surface area contributed by atoms with Gasteiger partial charge in [0.2, 0.25) is 0 Å². The highest BCUT2D eigenvalue weighted by Gasteiger charge is 2.45. The number of nitro groups is 1. The Morgan fingerprint density at radius 3 is 2.32 bits per heavy atom. The number of rotatable bonds is 8. The van der Waals surface area contributed by atoms with Crippen LogP contribution < -0.4 is 0 Å². The predicted octanol–water partition coefficient (Wildman–Crippen LogP) is 2.79. The number of Topliss-reactive ketones (excluding diaryl/α,β-unsaturated/α-hetero) is 1. The molecule has 1 saturated heterocycles. The van der Waals surface area contributed by atoms with Gasteiger partial charge in [-0.1, -0.05) is 28.1 Å². The van der Waals surface area contributed by atoms with Gasteiger partial charge in [-0.15, -0.1) is 0 Å². The smallest absolute Gasteiger partial charge is 0.295 e. The van der Waals surface area contributed by atoms with Crippen molar-refractivity contribution in [3.8, 4) is 0 Å². The minimum absolute atomic E-state index is 0.0718. The Balaban J connectivity index is 2.05. The zero-order valence-electron chi connectivity index (χ0n) is 16.2. The number of hydrogen-bond acceptors (Lipinski definition) is 7. The Bertz CT molecular complexity index is 1020. The molecule has 1 atom stereocenters. The number of non-ortho nitro benzene ring substituents is 1. The number of nitrogens with zero attached hydrogens (tertiary/aromatic N) is 2. The van der Waals surface area contributed by atoms with Crippen LogP contribution in [0.3, 0.4) is 0 Å². The van der Waals surface area contributed by atoms with Gasteiger partial charge >= 0.3 is 0 Å². The molecule has 0 aromatic heterocycles. The second kappa shape index (κ2) is 9.82. The summed E-state index contributed by atoms with van der Waals surface area (Å²) in [6, 6.07) is 11.2. The third-order valence-corrected chi connectivity index (χ3v) is 5.32. The Hall–Kier alpha value is -3.08. The van der Waals surface area contributed by atoms with Crippen LogP contribution in [-0.4, -0.2) is 58.1 Å². The summed E-state index contributed by atoms with van der Waals surface area (Å²) in [6.45, 7) is 0.0886. The Kier molecular flexibility index (Phi) is 7.16. The van der Waals surface area contributed by atoms with Crippen LogP contribution in [0.5, 0.6) is 0 Å². The largest absolute Gasteiger partial charge is 0.507 e. The van der Waals surface area contributed by atoms with E-state index in [1.165, 1.54) is 29.2 Å². The molecule has 0 spiro atoms. The van der Waals surface area contributed by atoms with E-state index >= 15 is 0 Å². The number of carbonyl (C=O) groups excluding carboxylic acids is 2. The molecule has 31 heavy (non-hydrogen) atoms. The number of benzene rings is 2. The fraction of sp³-hybridized carbons (Fsp3) is 0.238. The number of nitro benzene ring substituents is 1. The summed E-state index contributed by atoms with van der Waals surface area (Å²) in [5.74, 6) is -2.06. The van der Waals surface area contributed by atoms with E-state index in [2.05, 4.69) is 15.9 Å². The van der Waals surface area contributed by atoms with Crippen LogP contribution in [-0.2, 0) is 14.3 Å². The van der Waals surface area contributed by atoms with E-state index in [0.717, 1.165) is 4.47 Å². The minimum Gasteiger partial charge on any atom is -0.507 e. The number of carbonyl (C=O) groups is 2. The Morgan fingerprint density at radius 2 is 1.74 bits per heavy atom. The Labute approximate surface area is 185 Å². The van der Waals surface area contributed by atoms with Crippen LogP contribution in [0.1, 0.15) is 17.2 Å². The van der Waals surface area contributed by atoms with Gasteiger partial charge in [0.05, 0.1) is 36.4 Å². The number of aliphatic hydroxyl groups is 2. The fourth-order valence-corrected chi connectivity index (χ4v) is 3.59. The van der Waals surface area contributed by atoms with E-state index in [9.17, 15) is 24.8 Å². The molecule has 0 saturated carbocycles. The van der Waals surface area contributed by atoms with Crippen molar-refractivity contribution in [1.29, 1.82) is 0 Å². The maximum atomic E-state index is 12.8. The van der Waals surface area contributed by atoms with Crippen LogP contribution in [0.25, 0.3) is 5.76 Å². The normalized spacial score (nSPS) is 17.9. The van der Waals surface area contributed by atoms with E-state index < -0.39 is 28.4 Å². The highest BCUT2D eigenvalue weighted by atomic mass is 79.9. The average molecular weight is 491 g/mol. The summed E-state index contributed by atoms with van der Waals surface area (Å²) in [5, 5.41) is 30.6. The fourth-order valence-electron chi connectivity index (χ4n) is 3.33. The van der Waals surface area contributed by atoms with Gasteiger partial charge in [-0.3, -0.25) is 19.7 Å². The van der Waals surface area contributed by atoms with Gasteiger partial charge in [0.25, 0.3) is 17.4 Å². The van der Waals surface area contributed by atoms with Crippen molar-refractivity contribution in [2.24, 2.45) is 0 Å². The lowest BCUT2D eigenvalue weighted by molar-refractivity contribution is -0.384. The lowest BCUT2D eigenvalue weighted by Crippen LogP contribution is -2.33. The number of aliphatic hydroxyl groups excluding tert-OH is 2. The first-order valence-electron chi connectivity index (χ1n) is 9.32. The van der Waals surface area contributed by atoms with Gasteiger partial charge in [0, 0.05) is 28.7 Å². The molecule has 1 fully saturated rings. The number of halogens is 1. The molecule has 1 heterocycles. The van der Waals surface area contributed by atoms with E-state index in [4.69, 9.17) is 9.84 Å². The zero-order valence-corrected chi connectivity index (χ0v) is 17.8. The van der Waals surface area contributed by atoms with Gasteiger partial charge in [0.1, 0.15) is 5.76 Å². The van der Waals surface area contributed by atoms with Crippen molar-refractivity contribution >= 4 is 39.1 Å². The third kappa shape index (κ3) is 4.82. The molecule has 10 heteroatoms. The standard InChI is InChI=1S/C21H19BrN2O7/c22-15-5-1-13(2-6-15)18-17(19(26)14-3-7-16(8-4-14)24(29)30)20(27)21(28)23(18)9-11-31-12-10-25/h1-8,18,25-26H,9-12H2/b19-17+/t18-/m1/s1. The summed E-state index contributed by atoms with van der Waals surface area (Å²) in [5.41, 5.74) is 0.515. The molecule has 0 aliphatic carbocycles. The number of likely N-dealkylation sites (tertiary alicyclic amines) is 1. The topological polar surface area (TPSA) is 130 Å². The molecule has 2 aromatic rings. The maximum Gasteiger partial charge on any atom is 0.295 e. The molecule has 162 valence electrons. The lowest BCUT2D eigenvalue weighted by Gasteiger charge is -2.25. The van der Waals surface area contributed by atoms with Crippen LogP contribution in [0.4, 0.5) is 5.69 Å². The minimum atomic E-state index is -0.860. The quantitative estimate of drug-likeness (QED) is 0.145. The van der Waals surface area contributed by atoms with E-state index in [-0.39, 0.29) is 43.2 Å². The molecule has 1 amide bonds. The molecule has 9 nitrogen and oxygen atoms in total. The van der Waals surface area contributed by atoms with Crippen LogP contribution in [0.15, 0.2) is 58.6 Å². The van der Waals surface area contributed by atoms with Crippen molar-refractivity contribution in [2.75, 3.05) is 26.4 Å². The number of hydrogen-bond donors (Lipinski definition) is 2.